The molecule has 0 aliphatic carbocycles. The van der Waals surface area contributed by atoms with Gasteiger partial charge in [0.05, 0.1) is 13.2 Å². The number of alkyl halides is 6. The first-order chi connectivity index (χ1) is 15.6. The van der Waals surface area contributed by atoms with Gasteiger partial charge in [0.1, 0.15) is 23.3 Å². The third-order valence-electron chi connectivity index (χ3n) is 5.43. The fraction of sp³-hybridized carbons (Fsp3) is 0.480. The first-order valence-corrected chi connectivity index (χ1v) is 10.8. The normalized spacial score (nSPS) is 14.0. The molecule has 0 saturated carbocycles. The number of halogens is 6. The zero-order valence-corrected chi connectivity index (χ0v) is 19.9. The predicted molar refractivity (Wildman–Crippen MR) is 117 cm³/mol. The van der Waals surface area contributed by atoms with Crippen LogP contribution in [0.2, 0.25) is 0 Å². The van der Waals surface area contributed by atoms with E-state index in [2.05, 4.69) is 0 Å². The summed E-state index contributed by atoms with van der Waals surface area (Å²) in [7, 11) is 0. The predicted octanol–water partition coefficient (Wildman–Crippen LogP) is 7.28. The van der Waals surface area contributed by atoms with Crippen molar-refractivity contribution in [1.29, 1.82) is 0 Å². The van der Waals surface area contributed by atoms with Gasteiger partial charge in [0.15, 0.2) is 5.78 Å². The van der Waals surface area contributed by atoms with Crippen LogP contribution >= 0.6 is 0 Å². The van der Waals surface area contributed by atoms with E-state index in [4.69, 9.17) is 9.47 Å². The van der Waals surface area contributed by atoms with E-state index in [0.29, 0.717) is 33.8 Å². The molecule has 0 fully saturated rings. The van der Waals surface area contributed by atoms with Gasteiger partial charge in [-0.15, -0.1) is 0 Å². The number of rotatable bonds is 8. The third-order valence-corrected chi connectivity index (χ3v) is 5.43. The summed E-state index contributed by atoms with van der Waals surface area (Å²) < 4.78 is 95.5. The molecule has 0 N–H and O–H groups in total. The highest BCUT2D eigenvalue weighted by Gasteiger charge is 2.55. The number of hydrogen-bond donors (Lipinski definition) is 0. The van der Waals surface area contributed by atoms with Crippen LogP contribution in [0, 0.1) is 27.7 Å². The SMILES string of the molecule is CCOc1c(C)cc(C(C(=O)C(c2cc(C)c(OCC)c(C)c2)C(F)(F)F)C(F)(F)F)cc1C. The summed E-state index contributed by atoms with van der Waals surface area (Å²) in [5, 5.41) is 0. The molecule has 2 atom stereocenters. The van der Waals surface area contributed by atoms with Crippen LogP contribution in [0.5, 0.6) is 11.5 Å². The summed E-state index contributed by atoms with van der Waals surface area (Å²) >= 11 is 0. The van der Waals surface area contributed by atoms with Crippen molar-refractivity contribution in [1.82, 2.24) is 0 Å². The van der Waals surface area contributed by atoms with Gasteiger partial charge < -0.3 is 9.47 Å². The van der Waals surface area contributed by atoms with Gasteiger partial charge in [-0.2, -0.15) is 26.3 Å². The Morgan fingerprint density at radius 1 is 0.676 bits per heavy atom. The van der Waals surface area contributed by atoms with Crippen molar-refractivity contribution in [2.45, 2.75) is 65.7 Å². The van der Waals surface area contributed by atoms with Crippen molar-refractivity contribution in [3.63, 3.8) is 0 Å². The van der Waals surface area contributed by atoms with Crippen molar-refractivity contribution >= 4 is 5.78 Å². The minimum absolute atomic E-state index is 0.259. The van der Waals surface area contributed by atoms with Crippen LogP contribution < -0.4 is 9.47 Å². The number of benzene rings is 2. The molecule has 0 aliphatic rings. The summed E-state index contributed by atoms with van der Waals surface area (Å²) in [5.74, 6) is -7.22. The molecule has 0 spiro atoms. The van der Waals surface area contributed by atoms with E-state index in [1.54, 1.807) is 13.8 Å². The van der Waals surface area contributed by atoms with Crippen LogP contribution in [-0.2, 0) is 4.79 Å². The van der Waals surface area contributed by atoms with Gasteiger partial charge in [0.2, 0.25) is 0 Å². The second kappa shape index (κ2) is 10.3. The second-order valence-corrected chi connectivity index (χ2v) is 8.19. The maximum atomic E-state index is 14.1. The van der Waals surface area contributed by atoms with E-state index in [0.717, 1.165) is 24.3 Å². The zero-order valence-electron chi connectivity index (χ0n) is 19.9. The number of hydrogen-bond acceptors (Lipinski definition) is 3. The monoisotopic (exact) mass is 490 g/mol. The van der Waals surface area contributed by atoms with Crippen molar-refractivity contribution in [3.05, 3.63) is 57.6 Å². The van der Waals surface area contributed by atoms with Gasteiger partial charge in [0, 0.05) is 0 Å². The Kier molecular flexibility index (Phi) is 8.32. The van der Waals surface area contributed by atoms with Crippen molar-refractivity contribution in [2.75, 3.05) is 13.2 Å². The summed E-state index contributed by atoms with van der Waals surface area (Å²) in [6.45, 7) is 9.86. The van der Waals surface area contributed by atoms with Crippen LogP contribution in [0.1, 0.15) is 59.1 Å². The Balaban J connectivity index is 2.69. The molecule has 9 heteroatoms. The second-order valence-electron chi connectivity index (χ2n) is 8.19. The molecule has 188 valence electrons. The minimum atomic E-state index is -5.23. The van der Waals surface area contributed by atoms with E-state index in [1.807, 2.05) is 0 Å². The Labute approximate surface area is 195 Å². The van der Waals surface area contributed by atoms with E-state index in [9.17, 15) is 31.1 Å². The largest absolute Gasteiger partial charge is 0.493 e. The molecule has 0 amide bonds. The number of Topliss-reactive ketones (excluding diaryl/α,β-unsaturated/α-hetero) is 1. The Hall–Kier alpha value is -2.71. The number of carbonyl (C=O) groups is 1. The minimum Gasteiger partial charge on any atom is -0.493 e. The molecule has 0 heterocycles. The van der Waals surface area contributed by atoms with Gasteiger partial charge in [-0.3, -0.25) is 4.79 Å². The van der Waals surface area contributed by atoms with E-state index in [-0.39, 0.29) is 13.2 Å². The molecule has 2 aromatic rings. The lowest BCUT2D eigenvalue weighted by molar-refractivity contribution is -0.183. The molecule has 0 aliphatic heterocycles. The molecule has 0 saturated heterocycles. The lowest BCUT2D eigenvalue weighted by Gasteiger charge is -2.28. The highest BCUT2D eigenvalue weighted by Crippen LogP contribution is 2.46. The Morgan fingerprint density at radius 3 is 1.15 bits per heavy atom. The maximum Gasteiger partial charge on any atom is 0.402 e. The highest BCUT2D eigenvalue weighted by atomic mass is 19.4. The molecule has 2 aromatic carbocycles. The fourth-order valence-electron chi connectivity index (χ4n) is 4.24. The number of aryl methyl sites for hydroxylation is 4. The molecule has 0 bridgehead atoms. The summed E-state index contributed by atoms with van der Waals surface area (Å²) in [6, 6.07) is 4.26. The van der Waals surface area contributed by atoms with E-state index >= 15 is 0 Å². The van der Waals surface area contributed by atoms with Crippen LogP contribution in [0.4, 0.5) is 26.3 Å². The molecule has 34 heavy (non-hydrogen) atoms. The number of ketones is 1. The number of carbonyl (C=O) groups excluding carboxylic acids is 1. The molecule has 0 radical (unpaired) electrons. The molecule has 2 unspecified atom stereocenters. The van der Waals surface area contributed by atoms with Crippen molar-refractivity contribution in [3.8, 4) is 11.5 Å². The maximum absolute atomic E-state index is 14.1. The Bertz CT molecular complexity index is 912. The quantitative estimate of drug-likeness (QED) is 0.365. The van der Waals surface area contributed by atoms with Gasteiger partial charge in [0.25, 0.3) is 0 Å². The van der Waals surface area contributed by atoms with Gasteiger partial charge in [-0.25, -0.2) is 0 Å². The molecule has 0 aromatic heterocycles. The summed E-state index contributed by atoms with van der Waals surface area (Å²) in [4.78, 5) is 13.1. The standard InChI is InChI=1S/C25H28F6O3/c1-7-33-22-13(3)9-17(10-14(22)4)19(24(26,27)28)21(32)20(25(29,30)31)18-11-15(5)23(34-8-2)16(6)12-18/h9-12,19-20H,7-8H2,1-6H3. The fourth-order valence-corrected chi connectivity index (χ4v) is 4.24. The zero-order chi connectivity index (χ0) is 26.0. The van der Waals surface area contributed by atoms with Gasteiger partial charge >= 0.3 is 12.4 Å². The summed E-state index contributed by atoms with van der Waals surface area (Å²) in [5.41, 5.74) is 0.102. The first kappa shape index (κ1) is 27.5. The van der Waals surface area contributed by atoms with Gasteiger partial charge in [-0.1, -0.05) is 24.3 Å². The summed E-state index contributed by atoms with van der Waals surface area (Å²) in [6.07, 6.45) is -10.5. The van der Waals surface area contributed by atoms with Gasteiger partial charge in [-0.05, 0) is 74.9 Å². The average molecular weight is 490 g/mol. The van der Waals surface area contributed by atoms with Crippen molar-refractivity contribution < 1.29 is 40.6 Å². The molecular formula is C25H28F6O3. The smallest absolute Gasteiger partial charge is 0.402 e. The van der Waals surface area contributed by atoms with E-state index < -0.39 is 41.1 Å². The third kappa shape index (κ3) is 5.85. The Morgan fingerprint density at radius 2 is 0.941 bits per heavy atom. The van der Waals surface area contributed by atoms with Crippen LogP contribution in [0.25, 0.3) is 0 Å². The molecule has 2 rings (SSSR count). The van der Waals surface area contributed by atoms with E-state index in [1.165, 1.54) is 27.7 Å². The van der Waals surface area contributed by atoms with Crippen LogP contribution in [0.15, 0.2) is 24.3 Å². The molecule has 3 nitrogen and oxygen atoms in total. The molecular weight excluding hydrogens is 462 g/mol. The average Bonchev–Trinajstić information content (AvgIpc) is 2.65. The highest BCUT2D eigenvalue weighted by molar-refractivity contribution is 5.93. The van der Waals surface area contributed by atoms with Crippen LogP contribution in [-0.4, -0.2) is 31.3 Å². The lowest BCUT2D eigenvalue weighted by Crippen LogP contribution is -2.38. The number of ether oxygens (including phenoxy) is 2. The lowest BCUT2D eigenvalue weighted by atomic mass is 9.81. The first-order valence-electron chi connectivity index (χ1n) is 10.8. The van der Waals surface area contributed by atoms with Crippen LogP contribution in [0.3, 0.4) is 0 Å². The topological polar surface area (TPSA) is 35.5 Å². The van der Waals surface area contributed by atoms with Crippen molar-refractivity contribution in [2.24, 2.45) is 0 Å².